The normalized spacial score (nSPS) is 14.2. The number of carbonyl (C=O) groups is 1. The van der Waals surface area contributed by atoms with Gasteiger partial charge < -0.3 is 19.4 Å². The lowest BCUT2D eigenvalue weighted by Crippen LogP contribution is -2.38. The topological polar surface area (TPSA) is 65.4 Å². The molecule has 180 valence electrons. The highest BCUT2D eigenvalue weighted by Crippen LogP contribution is 2.36. The third kappa shape index (κ3) is 5.11. The van der Waals surface area contributed by atoms with Crippen molar-refractivity contribution in [3.8, 4) is 17.2 Å². The molecule has 1 aliphatic rings. The molecule has 1 N–H and O–H groups in total. The summed E-state index contributed by atoms with van der Waals surface area (Å²) >= 11 is 0. The molecular weight excluding hydrogens is 426 g/mol. The molecule has 2 aromatic carbocycles. The molecule has 4 rings (SSSR count). The van der Waals surface area contributed by atoms with Crippen LogP contribution < -0.4 is 14.8 Å². The molecule has 1 aromatic heterocycles. The number of methoxy groups -OCH3 is 2. The first kappa shape index (κ1) is 23.9. The van der Waals surface area contributed by atoms with E-state index < -0.39 is 0 Å². The average molecular weight is 462 g/mol. The van der Waals surface area contributed by atoms with E-state index in [0.717, 1.165) is 36.4 Å². The summed E-state index contributed by atoms with van der Waals surface area (Å²) in [5, 5.41) is 3.32. The van der Waals surface area contributed by atoms with Crippen molar-refractivity contribution in [1.29, 1.82) is 0 Å². The van der Waals surface area contributed by atoms with Crippen LogP contribution in [0.5, 0.6) is 11.5 Å². The number of nitrogens with one attached hydrogen (secondary N) is 1. The number of ether oxygens (including phenoxy) is 2. The van der Waals surface area contributed by atoms with Gasteiger partial charge in [-0.25, -0.2) is 4.98 Å². The minimum Gasteiger partial charge on any atom is -0.496 e. The average Bonchev–Trinajstić information content (AvgIpc) is 3.59. The van der Waals surface area contributed by atoms with Crippen molar-refractivity contribution in [3.63, 3.8) is 0 Å². The molecule has 1 amide bonds. The maximum absolute atomic E-state index is 13.3. The molecule has 6 heteroatoms. The van der Waals surface area contributed by atoms with Crippen molar-refractivity contribution < 1.29 is 14.3 Å². The fourth-order valence-electron chi connectivity index (χ4n) is 4.50. The number of aromatic nitrogens is 2. The van der Waals surface area contributed by atoms with Crippen LogP contribution >= 0.6 is 0 Å². The van der Waals surface area contributed by atoms with Crippen LogP contribution in [0.15, 0.2) is 42.9 Å². The Morgan fingerprint density at radius 2 is 1.85 bits per heavy atom. The van der Waals surface area contributed by atoms with E-state index in [4.69, 9.17) is 9.47 Å². The molecule has 1 unspecified atom stereocenters. The number of rotatable bonds is 9. The standard InChI is InChI=1S/C28H35N3O3/c1-17(2)23-12-22(18(3)11-26(23)33-5)13-24(20-7-8-20)30-28(32)21-9-10-25(27(14-21)34-6)31-15-19(4)29-16-31/h9-12,14-17,20,24H,7-8,13H2,1-6H3,(H,30,32). The summed E-state index contributed by atoms with van der Waals surface area (Å²) in [4.78, 5) is 17.5. The minimum absolute atomic E-state index is 0.0705. The first-order chi connectivity index (χ1) is 16.3. The van der Waals surface area contributed by atoms with Gasteiger partial charge in [0.15, 0.2) is 0 Å². The van der Waals surface area contributed by atoms with Gasteiger partial charge >= 0.3 is 0 Å². The van der Waals surface area contributed by atoms with Gasteiger partial charge in [0.1, 0.15) is 11.5 Å². The molecule has 1 aliphatic carbocycles. The van der Waals surface area contributed by atoms with Gasteiger partial charge in [0.25, 0.3) is 5.91 Å². The van der Waals surface area contributed by atoms with Crippen LogP contribution in [-0.4, -0.2) is 35.7 Å². The van der Waals surface area contributed by atoms with E-state index >= 15 is 0 Å². The van der Waals surface area contributed by atoms with E-state index in [-0.39, 0.29) is 11.9 Å². The second-order valence-corrected chi connectivity index (χ2v) is 9.61. The molecule has 0 bridgehead atoms. The Hall–Kier alpha value is -3.28. The van der Waals surface area contributed by atoms with E-state index in [0.29, 0.717) is 23.1 Å². The van der Waals surface area contributed by atoms with Gasteiger partial charge in [-0.3, -0.25) is 4.79 Å². The van der Waals surface area contributed by atoms with Crippen LogP contribution in [0.25, 0.3) is 5.69 Å². The van der Waals surface area contributed by atoms with Gasteiger partial charge in [-0.1, -0.05) is 19.9 Å². The van der Waals surface area contributed by atoms with Crippen molar-refractivity contribution >= 4 is 5.91 Å². The Balaban J connectivity index is 1.55. The van der Waals surface area contributed by atoms with Crippen LogP contribution in [0.4, 0.5) is 0 Å². The first-order valence-corrected chi connectivity index (χ1v) is 12.0. The quantitative estimate of drug-likeness (QED) is 0.465. The SMILES string of the molecule is COc1cc(C)c(CC(NC(=O)c2ccc(-n3cnc(C)c3)c(OC)c2)C2CC2)cc1C(C)C. The molecule has 1 saturated carbocycles. The highest BCUT2D eigenvalue weighted by atomic mass is 16.5. The summed E-state index contributed by atoms with van der Waals surface area (Å²) < 4.78 is 13.1. The first-order valence-electron chi connectivity index (χ1n) is 12.0. The molecule has 0 saturated heterocycles. The molecule has 3 aromatic rings. The number of carbonyl (C=O) groups excluding carboxylic acids is 1. The smallest absolute Gasteiger partial charge is 0.251 e. The van der Waals surface area contributed by atoms with Crippen LogP contribution in [0.2, 0.25) is 0 Å². The summed E-state index contributed by atoms with van der Waals surface area (Å²) in [6.45, 7) is 8.42. The lowest BCUT2D eigenvalue weighted by molar-refractivity contribution is 0.0931. The molecule has 1 atom stereocenters. The monoisotopic (exact) mass is 461 g/mol. The number of nitrogens with zero attached hydrogens (tertiary/aromatic N) is 2. The van der Waals surface area contributed by atoms with Crippen LogP contribution in [0.3, 0.4) is 0 Å². The molecular formula is C28H35N3O3. The number of imidazole rings is 1. The summed E-state index contributed by atoms with van der Waals surface area (Å²) in [7, 11) is 3.34. The Bertz CT molecular complexity index is 1180. The summed E-state index contributed by atoms with van der Waals surface area (Å²) in [6.07, 6.45) is 6.80. The maximum atomic E-state index is 13.3. The zero-order valence-electron chi connectivity index (χ0n) is 21.0. The summed E-state index contributed by atoms with van der Waals surface area (Å²) in [5.74, 6) is 2.39. The highest BCUT2D eigenvalue weighted by Gasteiger charge is 2.33. The summed E-state index contributed by atoms with van der Waals surface area (Å²) in [6, 6.07) is 10.0. The number of hydrogen-bond donors (Lipinski definition) is 1. The molecule has 0 spiro atoms. The third-order valence-corrected chi connectivity index (χ3v) is 6.69. The molecule has 0 radical (unpaired) electrons. The van der Waals surface area contributed by atoms with Crippen LogP contribution in [0, 0.1) is 19.8 Å². The Labute approximate surface area is 202 Å². The molecule has 1 fully saturated rings. The van der Waals surface area contributed by atoms with Crippen molar-refractivity contribution in [2.45, 2.75) is 58.9 Å². The molecule has 1 heterocycles. The molecule has 0 aliphatic heterocycles. The van der Waals surface area contributed by atoms with E-state index in [9.17, 15) is 4.79 Å². The van der Waals surface area contributed by atoms with Crippen molar-refractivity contribution in [1.82, 2.24) is 14.9 Å². The second-order valence-electron chi connectivity index (χ2n) is 9.61. The highest BCUT2D eigenvalue weighted by molar-refractivity contribution is 5.95. The fraction of sp³-hybridized carbons (Fsp3) is 0.429. The predicted molar refractivity (Wildman–Crippen MR) is 134 cm³/mol. The van der Waals surface area contributed by atoms with E-state index in [1.807, 2.05) is 29.8 Å². The van der Waals surface area contributed by atoms with Gasteiger partial charge in [0.05, 0.1) is 31.9 Å². The van der Waals surface area contributed by atoms with Crippen molar-refractivity contribution in [2.75, 3.05) is 14.2 Å². The van der Waals surface area contributed by atoms with E-state index in [1.165, 1.54) is 16.7 Å². The van der Waals surface area contributed by atoms with Crippen molar-refractivity contribution in [3.05, 3.63) is 70.8 Å². The van der Waals surface area contributed by atoms with Crippen molar-refractivity contribution in [2.24, 2.45) is 5.92 Å². The molecule has 6 nitrogen and oxygen atoms in total. The third-order valence-electron chi connectivity index (χ3n) is 6.69. The fourth-order valence-corrected chi connectivity index (χ4v) is 4.50. The lowest BCUT2D eigenvalue weighted by Gasteiger charge is -2.22. The second kappa shape index (κ2) is 9.92. The van der Waals surface area contributed by atoms with Crippen LogP contribution in [-0.2, 0) is 6.42 Å². The van der Waals surface area contributed by atoms with Gasteiger partial charge in [-0.05, 0) is 85.9 Å². The zero-order chi connectivity index (χ0) is 24.4. The van der Waals surface area contributed by atoms with Crippen LogP contribution in [0.1, 0.15) is 65.3 Å². The van der Waals surface area contributed by atoms with Gasteiger partial charge in [0.2, 0.25) is 0 Å². The van der Waals surface area contributed by atoms with Gasteiger partial charge in [0, 0.05) is 17.8 Å². The number of aryl methyl sites for hydroxylation is 2. The molecule has 34 heavy (non-hydrogen) atoms. The number of amides is 1. The number of benzene rings is 2. The predicted octanol–water partition coefficient (Wildman–Crippen LogP) is 5.38. The maximum Gasteiger partial charge on any atom is 0.251 e. The number of hydrogen-bond acceptors (Lipinski definition) is 4. The van der Waals surface area contributed by atoms with E-state index in [2.05, 4.69) is 43.2 Å². The minimum atomic E-state index is -0.0705. The van der Waals surface area contributed by atoms with Gasteiger partial charge in [-0.15, -0.1) is 0 Å². The Morgan fingerprint density at radius 3 is 2.44 bits per heavy atom. The largest absolute Gasteiger partial charge is 0.496 e. The summed E-state index contributed by atoms with van der Waals surface area (Å²) in [5.41, 5.74) is 6.04. The Kier molecular flexibility index (Phi) is 6.96. The lowest BCUT2D eigenvalue weighted by atomic mass is 9.92. The Morgan fingerprint density at radius 1 is 1.12 bits per heavy atom. The zero-order valence-corrected chi connectivity index (χ0v) is 21.0. The van der Waals surface area contributed by atoms with Gasteiger partial charge in [-0.2, -0.15) is 0 Å². The van der Waals surface area contributed by atoms with E-state index in [1.54, 1.807) is 26.6 Å².